The first-order valence-corrected chi connectivity index (χ1v) is 5.98. The fourth-order valence-electron chi connectivity index (χ4n) is 0.834. The molecule has 0 bridgehead atoms. The van der Waals surface area contributed by atoms with Crippen molar-refractivity contribution in [1.29, 1.82) is 0 Å². The molecule has 0 saturated heterocycles. The number of nitrogen functional groups attached to an aromatic ring is 1. The lowest BCUT2D eigenvalue weighted by molar-refractivity contribution is 0.599. The Morgan fingerprint density at radius 3 is 2.80 bits per heavy atom. The van der Waals surface area contributed by atoms with Crippen molar-refractivity contribution in [3.05, 3.63) is 12.4 Å². The van der Waals surface area contributed by atoms with Crippen LogP contribution in [0.2, 0.25) is 0 Å². The van der Waals surface area contributed by atoms with Crippen LogP contribution in [0.15, 0.2) is 16.7 Å². The Hall–Kier alpha value is -1.68. The second kappa shape index (κ2) is 3.47. The van der Waals surface area contributed by atoms with E-state index < -0.39 is 10.0 Å². The summed E-state index contributed by atoms with van der Waals surface area (Å²) < 4.78 is 25.3. The molecule has 0 amide bonds. The third-order valence-electron chi connectivity index (χ3n) is 1.40. The van der Waals surface area contributed by atoms with Crippen molar-refractivity contribution >= 4 is 32.2 Å². The lowest BCUT2D eigenvalue weighted by Gasteiger charge is -1.99. The molecule has 2 aromatic heterocycles. The average molecular weight is 246 g/mol. The summed E-state index contributed by atoms with van der Waals surface area (Å²) in [6.07, 6.45) is 2.74. The highest BCUT2D eigenvalue weighted by Gasteiger charge is 2.19. The van der Waals surface area contributed by atoms with Gasteiger partial charge in [0.05, 0.1) is 11.9 Å². The van der Waals surface area contributed by atoms with E-state index in [-0.39, 0.29) is 9.47 Å². The number of rotatable bonds is 3. The van der Waals surface area contributed by atoms with E-state index in [9.17, 15) is 8.42 Å². The van der Waals surface area contributed by atoms with E-state index in [2.05, 4.69) is 25.1 Å². The van der Waals surface area contributed by atoms with Crippen LogP contribution in [0.5, 0.6) is 0 Å². The molecule has 8 nitrogen and oxygen atoms in total. The van der Waals surface area contributed by atoms with E-state index in [0.29, 0.717) is 5.69 Å². The van der Waals surface area contributed by atoms with Crippen LogP contribution in [-0.4, -0.2) is 28.8 Å². The Bertz CT molecular complexity index is 544. The highest BCUT2D eigenvalue weighted by molar-refractivity contribution is 7.94. The van der Waals surface area contributed by atoms with Gasteiger partial charge in [0.25, 0.3) is 14.4 Å². The van der Waals surface area contributed by atoms with Crippen molar-refractivity contribution < 1.29 is 8.42 Å². The van der Waals surface area contributed by atoms with Gasteiger partial charge in [-0.15, -0.1) is 10.2 Å². The Kier molecular flexibility index (Phi) is 2.28. The van der Waals surface area contributed by atoms with Crippen LogP contribution in [0.4, 0.5) is 10.8 Å². The highest BCUT2D eigenvalue weighted by atomic mass is 32.2. The Balaban J connectivity index is 2.28. The molecule has 0 saturated carbocycles. The fourth-order valence-corrected chi connectivity index (χ4v) is 2.65. The fraction of sp³-hybridized carbons (Fsp3) is 0. The zero-order valence-electron chi connectivity index (χ0n) is 7.21. The quantitative estimate of drug-likeness (QED) is 0.679. The zero-order chi connectivity index (χ0) is 10.9. The highest BCUT2D eigenvalue weighted by Crippen LogP contribution is 2.19. The molecule has 0 aliphatic rings. The van der Waals surface area contributed by atoms with Crippen molar-refractivity contribution in [2.45, 2.75) is 4.34 Å². The molecule has 0 atom stereocenters. The zero-order valence-corrected chi connectivity index (χ0v) is 8.84. The third kappa shape index (κ3) is 2.05. The smallest absolute Gasteiger partial charge is 0.291 e. The molecule has 2 aromatic rings. The molecule has 0 aromatic carbocycles. The van der Waals surface area contributed by atoms with Crippen LogP contribution in [0.25, 0.3) is 0 Å². The molecule has 0 radical (unpaired) electrons. The molecule has 2 rings (SSSR count). The minimum Gasteiger partial charge on any atom is -0.374 e. The normalized spacial score (nSPS) is 11.5. The number of nitrogens with zero attached hydrogens (tertiary/aromatic N) is 3. The average Bonchev–Trinajstić information content (AvgIpc) is 2.75. The van der Waals surface area contributed by atoms with Gasteiger partial charge in [-0.2, -0.15) is 13.5 Å². The van der Waals surface area contributed by atoms with Gasteiger partial charge in [-0.3, -0.25) is 9.82 Å². The van der Waals surface area contributed by atoms with E-state index in [0.717, 1.165) is 11.3 Å². The van der Waals surface area contributed by atoms with Crippen molar-refractivity contribution in [2.75, 3.05) is 10.5 Å². The van der Waals surface area contributed by atoms with Crippen LogP contribution >= 0.6 is 11.3 Å². The molecule has 0 fully saturated rings. The van der Waals surface area contributed by atoms with Crippen LogP contribution < -0.4 is 10.5 Å². The van der Waals surface area contributed by atoms with Gasteiger partial charge in [0.2, 0.25) is 5.13 Å². The minimum atomic E-state index is -3.71. The molecule has 0 spiro atoms. The topological polar surface area (TPSA) is 127 Å². The summed E-state index contributed by atoms with van der Waals surface area (Å²) in [6, 6.07) is 0. The van der Waals surface area contributed by atoms with Crippen molar-refractivity contribution in [3.63, 3.8) is 0 Å². The summed E-state index contributed by atoms with van der Waals surface area (Å²) in [5, 5.41) is 13.0. The molecule has 2 heterocycles. The predicted molar refractivity (Wildman–Crippen MR) is 53.7 cm³/mol. The SMILES string of the molecule is Nc1nnc(S(=O)(=O)Nc2cn[nH]c2)s1. The predicted octanol–water partition coefficient (Wildman–Crippen LogP) is -0.356. The van der Waals surface area contributed by atoms with E-state index >= 15 is 0 Å². The number of nitrogens with one attached hydrogen (secondary N) is 2. The number of aromatic nitrogens is 4. The molecule has 10 heteroatoms. The summed E-state index contributed by atoms with van der Waals surface area (Å²) in [4.78, 5) is 0. The third-order valence-corrected chi connectivity index (χ3v) is 3.90. The number of hydrogen-bond donors (Lipinski definition) is 3. The number of nitrogens with two attached hydrogens (primary N) is 1. The van der Waals surface area contributed by atoms with Gasteiger partial charge in [0.15, 0.2) is 0 Å². The first kappa shape index (κ1) is 9.86. The van der Waals surface area contributed by atoms with Crippen LogP contribution in [0.3, 0.4) is 0 Å². The molecule has 0 aliphatic carbocycles. The van der Waals surface area contributed by atoms with Gasteiger partial charge >= 0.3 is 0 Å². The Morgan fingerprint density at radius 2 is 2.27 bits per heavy atom. The van der Waals surface area contributed by atoms with Gasteiger partial charge in [-0.05, 0) is 0 Å². The maximum Gasteiger partial charge on any atom is 0.291 e. The minimum absolute atomic E-state index is 0.0996. The second-order valence-electron chi connectivity index (χ2n) is 2.50. The maximum absolute atomic E-state index is 11.6. The molecular formula is C5H6N6O2S2. The van der Waals surface area contributed by atoms with Crippen LogP contribution in [0.1, 0.15) is 0 Å². The number of hydrogen-bond acceptors (Lipinski definition) is 7. The molecule has 80 valence electrons. The van der Waals surface area contributed by atoms with Crippen LogP contribution in [0, 0.1) is 0 Å². The van der Waals surface area contributed by atoms with Gasteiger partial charge < -0.3 is 5.73 Å². The first-order chi connectivity index (χ1) is 7.08. The Labute approximate surface area is 88.6 Å². The summed E-state index contributed by atoms with van der Waals surface area (Å²) in [6.45, 7) is 0. The number of sulfonamides is 1. The van der Waals surface area contributed by atoms with E-state index in [1.165, 1.54) is 12.4 Å². The summed E-state index contributed by atoms with van der Waals surface area (Å²) in [5.74, 6) is 0. The van der Waals surface area contributed by atoms with Gasteiger partial charge in [0.1, 0.15) is 0 Å². The molecular weight excluding hydrogens is 240 g/mol. The summed E-state index contributed by atoms with van der Waals surface area (Å²) in [7, 11) is -3.71. The maximum atomic E-state index is 11.6. The monoisotopic (exact) mass is 246 g/mol. The molecule has 4 N–H and O–H groups in total. The molecule has 0 unspecified atom stereocenters. The molecule has 0 aliphatic heterocycles. The second-order valence-corrected chi connectivity index (χ2v) is 5.36. The van der Waals surface area contributed by atoms with E-state index in [1.54, 1.807) is 0 Å². The first-order valence-electron chi connectivity index (χ1n) is 3.68. The summed E-state index contributed by atoms with van der Waals surface area (Å²) >= 11 is 0.791. The van der Waals surface area contributed by atoms with Gasteiger partial charge in [0, 0.05) is 6.20 Å². The lowest BCUT2D eigenvalue weighted by Crippen LogP contribution is -2.12. The van der Waals surface area contributed by atoms with Crippen LogP contribution in [-0.2, 0) is 10.0 Å². The van der Waals surface area contributed by atoms with Gasteiger partial charge in [-0.1, -0.05) is 11.3 Å². The Morgan fingerprint density at radius 1 is 1.47 bits per heavy atom. The standard InChI is InChI=1S/C5H6N6O2S2/c6-4-9-10-5(14-4)15(12,13)11-3-1-7-8-2-3/h1-2,11H,(H2,6,9)(H,7,8). The largest absolute Gasteiger partial charge is 0.374 e. The van der Waals surface area contributed by atoms with Crippen molar-refractivity contribution in [2.24, 2.45) is 0 Å². The molecule has 15 heavy (non-hydrogen) atoms. The van der Waals surface area contributed by atoms with Crippen molar-refractivity contribution in [3.8, 4) is 0 Å². The van der Waals surface area contributed by atoms with E-state index in [1.807, 2.05) is 0 Å². The van der Waals surface area contributed by atoms with Gasteiger partial charge in [-0.25, -0.2) is 0 Å². The number of H-pyrrole nitrogens is 1. The van der Waals surface area contributed by atoms with Crippen molar-refractivity contribution in [1.82, 2.24) is 20.4 Å². The number of aromatic amines is 1. The summed E-state index contributed by atoms with van der Waals surface area (Å²) in [5.41, 5.74) is 5.61. The number of anilines is 2. The lowest BCUT2D eigenvalue weighted by atomic mass is 10.6. The van der Waals surface area contributed by atoms with E-state index in [4.69, 9.17) is 5.73 Å².